The molecule has 0 amide bonds. The average molecular weight is 270 g/mol. The van der Waals surface area contributed by atoms with Crippen LogP contribution >= 0.6 is 0 Å². The smallest absolute Gasteiger partial charge is 0.306 e. The topological polar surface area (TPSA) is 115 Å². The molecular formula is C13H18O6. The molecular weight excluding hydrogens is 252 g/mol. The van der Waals surface area contributed by atoms with Crippen molar-refractivity contribution >= 4 is 11.9 Å². The minimum Gasteiger partial charge on any atom is -0.481 e. The van der Waals surface area contributed by atoms with Gasteiger partial charge in [0.1, 0.15) is 11.2 Å². The van der Waals surface area contributed by atoms with Gasteiger partial charge in [-0.25, -0.2) is 0 Å². The summed E-state index contributed by atoms with van der Waals surface area (Å²) in [7, 11) is 0. The van der Waals surface area contributed by atoms with Crippen molar-refractivity contribution < 1.29 is 30.0 Å². The molecule has 19 heavy (non-hydrogen) atoms. The lowest BCUT2D eigenvalue weighted by Crippen LogP contribution is -2.45. The van der Waals surface area contributed by atoms with Crippen LogP contribution in [-0.2, 0) is 9.59 Å². The Hall–Kier alpha value is -1.66. The number of aliphatic hydroxyl groups is 2. The zero-order valence-electron chi connectivity index (χ0n) is 11.1. The van der Waals surface area contributed by atoms with Crippen molar-refractivity contribution in [1.29, 1.82) is 0 Å². The summed E-state index contributed by atoms with van der Waals surface area (Å²) in [4.78, 5) is 21.6. The van der Waals surface area contributed by atoms with Crippen molar-refractivity contribution in [3.05, 3.63) is 22.8 Å². The molecule has 1 rings (SSSR count). The lowest BCUT2D eigenvalue weighted by molar-refractivity contribution is -0.142. The van der Waals surface area contributed by atoms with Crippen molar-refractivity contribution in [3.8, 4) is 0 Å². The van der Waals surface area contributed by atoms with E-state index in [1.807, 2.05) is 0 Å². The highest BCUT2D eigenvalue weighted by molar-refractivity contribution is 5.73. The van der Waals surface area contributed by atoms with Gasteiger partial charge in [-0.15, -0.1) is 0 Å². The first-order valence-electron chi connectivity index (χ1n) is 5.79. The number of carboxylic acid groups (broad SMARTS) is 2. The summed E-state index contributed by atoms with van der Waals surface area (Å²) in [6, 6.07) is 0. The molecule has 0 aromatic heterocycles. The highest BCUT2D eigenvalue weighted by Crippen LogP contribution is 2.41. The van der Waals surface area contributed by atoms with Gasteiger partial charge in [-0.3, -0.25) is 9.59 Å². The summed E-state index contributed by atoms with van der Waals surface area (Å²) in [6.45, 7) is 4.47. The first kappa shape index (κ1) is 15.4. The molecule has 4 N–H and O–H groups in total. The monoisotopic (exact) mass is 270 g/mol. The van der Waals surface area contributed by atoms with Crippen LogP contribution in [0.4, 0.5) is 0 Å². The van der Waals surface area contributed by atoms with Crippen LogP contribution in [0.15, 0.2) is 22.8 Å². The molecule has 6 nitrogen and oxygen atoms in total. The molecule has 6 heteroatoms. The van der Waals surface area contributed by atoms with Crippen LogP contribution in [0, 0.1) is 0 Å². The van der Waals surface area contributed by atoms with Gasteiger partial charge in [0.2, 0.25) is 0 Å². The number of rotatable bonds is 4. The van der Waals surface area contributed by atoms with E-state index in [1.54, 1.807) is 0 Å². The van der Waals surface area contributed by atoms with Crippen molar-refractivity contribution in [3.63, 3.8) is 0 Å². The van der Waals surface area contributed by atoms with Crippen molar-refractivity contribution in [2.75, 3.05) is 0 Å². The van der Waals surface area contributed by atoms with Gasteiger partial charge in [0, 0.05) is 0 Å². The van der Waals surface area contributed by atoms with E-state index >= 15 is 0 Å². The standard InChI is InChI=1S/C13H18O6/c1-7-4-12(18,5-10(14)15)8(2)9(3)13(7,19)6-11(16)17/h4,18-19H,5-6H2,1-3H3,(H,14,15)(H,16,17). The molecule has 1 aliphatic carbocycles. The predicted molar refractivity (Wildman–Crippen MR) is 66.5 cm³/mol. The fourth-order valence-corrected chi connectivity index (χ4v) is 2.42. The summed E-state index contributed by atoms with van der Waals surface area (Å²) in [6.07, 6.45) is 0.171. The summed E-state index contributed by atoms with van der Waals surface area (Å²) < 4.78 is 0. The maximum atomic E-state index is 10.8. The Kier molecular flexibility index (Phi) is 3.88. The molecule has 106 valence electrons. The van der Waals surface area contributed by atoms with E-state index in [1.165, 1.54) is 26.8 Å². The summed E-state index contributed by atoms with van der Waals surface area (Å²) in [5, 5.41) is 38.5. The van der Waals surface area contributed by atoms with Gasteiger partial charge in [0.15, 0.2) is 0 Å². The summed E-state index contributed by atoms with van der Waals surface area (Å²) >= 11 is 0. The van der Waals surface area contributed by atoms with Crippen LogP contribution < -0.4 is 0 Å². The molecule has 1 aliphatic rings. The van der Waals surface area contributed by atoms with Crippen LogP contribution in [0.3, 0.4) is 0 Å². The summed E-state index contributed by atoms with van der Waals surface area (Å²) in [5.74, 6) is -2.35. The highest BCUT2D eigenvalue weighted by atomic mass is 16.4. The summed E-state index contributed by atoms with van der Waals surface area (Å²) in [5.41, 5.74) is -2.59. The van der Waals surface area contributed by atoms with Crippen LogP contribution in [0.25, 0.3) is 0 Å². The molecule has 2 unspecified atom stereocenters. The Balaban J connectivity index is 3.31. The normalized spacial score (nSPS) is 31.1. The maximum Gasteiger partial charge on any atom is 0.306 e. The molecule has 0 saturated carbocycles. The average Bonchev–Trinajstić information content (AvgIpc) is 2.22. The number of hydrogen-bond donors (Lipinski definition) is 4. The largest absolute Gasteiger partial charge is 0.481 e. The Morgan fingerprint density at radius 3 is 1.89 bits per heavy atom. The second-order valence-corrected chi connectivity index (χ2v) is 5.00. The van der Waals surface area contributed by atoms with Gasteiger partial charge in [-0.05, 0) is 43.6 Å². The first-order valence-corrected chi connectivity index (χ1v) is 5.79. The Morgan fingerprint density at radius 2 is 1.47 bits per heavy atom. The lowest BCUT2D eigenvalue weighted by atomic mass is 9.71. The second kappa shape index (κ2) is 4.79. The fourth-order valence-electron chi connectivity index (χ4n) is 2.42. The van der Waals surface area contributed by atoms with E-state index in [4.69, 9.17) is 10.2 Å². The van der Waals surface area contributed by atoms with Gasteiger partial charge >= 0.3 is 11.9 Å². The van der Waals surface area contributed by atoms with Crippen molar-refractivity contribution in [2.45, 2.75) is 44.8 Å². The minimum atomic E-state index is -1.69. The third-order valence-electron chi connectivity index (χ3n) is 3.77. The number of hydrogen-bond acceptors (Lipinski definition) is 4. The van der Waals surface area contributed by atoms with E-state index in [0.29, 0.717) is 0 Å². The molecule has 0 spiro atoms. The number of aliphatic carboxylic acids is 2. The van der Waals surface area contributed by atoms with Crippen LogP contribution in [-0.4, -0.2) is 43.6 Å². The van der Waals surface area contributed by atoms with E-state index in [-0.39, 0.29) is 16.7 Å². The zero-order valence-corrected chi connectivity index (χ0v) is 11.1. The third kappa shape index (κ3) is 2.69. The van der Waals surface area contributed by atoms with Crippen molar-refractivity contribution in [1.82, 2.24) is 0 Å². The van der Waals surface area contributed by atoms with Gasteiger partial charge in [0.25, 0.3) is 0 Å². The van der Waals surface area contributed by atoms with E-state index in [0.717, 1.165) is 0 Å². The molecule has 0 aliphatic heterocycles. The third-order valence-corrected chi connectivity index (χ3v) is 3.77. The van der Waals surface area contributed by atoms with Crippen LogP contribution in [0.2, 0.25) is 0 Å². The molecule has 0 bridgehead atoms. The highest BCUT2D eigenvalue weighted by Gasteiger charge is 2.44. The van der Waals surface area contributed by atoms with Crippen LogP contribution in [0.1, 0.15) is 33.6 Å². The van der Waals surface area contributed by atoms with Crippen LogP contribution in [0.5, 0.6) is 0 Å². The quantitative estimate of drug-likeness (QED) is 0.559. The second-order valence-electron chi connectivity index (χ2n) is 5.00. The molecule has 2 atom stereocenters. The Morgan fingerprint density at radius 1 is 1.00 bits per heavy atom. The maximum absolute atomic E-state index is 10.8. The molecule has 0 radical (unpaired) electrons. The molecule has 0 aromatic rings. The van der Waals surface area contributed by atoms with Gasteiger partial charge in [-0.2, -0.15) is 0 Å². The fraction of sp³-hybridized carbons (Fsp3) is 0.538. The SMILES string of the molecule is CC1=CC(O)(CC(=O)O)C(C)=C(C)C1(O)CC(=O)O. The van der Waals surface area contributed by atoms with E-state index in [9.17, 15) is 19.8 Å². The minimum absolute atomic E-state index is 0.238. The van der Waals surface area contributed by atoms with Gasteiger partial charge in [0.05, 0.1) is 12.8 Å². The lowest BCUT2D eigenvalue weighted by Gasteiger charge is -2.40. The molecule has 0 fully saturated rings. The van der Waals surface area contributed by atoms with E-state index in [2.05, 4.69) is 0 Å². The van der Waals surface area contributed by atoms with E-state index < -0.39 is 36.0 Å². The van der Waals surface area contributed by atoms with Gasteiger partial charge in [-0.1, -0.05) is 0 Å². The predicted octanol–water partition coefficient (Wildman–Crippen LogP) is 0.694. The molecule has 0 heterocycles. The number of carboxylic acids is 2. The molecule has 0 aromatic carbocycles. The number of carbonyl (C=O) groups is 2. The van der Waals surface area contributed by atoms with Crippen molar-refractivity contribution in [2.24, 2.45) is 0 Å². The molecule has 0 saturated heterocycles. The Labute approximate surface area is 110 Å². The zero-order chi connectivity index (χ0) is 15.0. The first-order chi connectivity index (χ1) is 8.53. The van der Waals surface area contributed by atoms with Gasteiger partial charge < -0.3 is 20.4 Å². The Bertz CT molecular complexity index is 489.